The van der Waals surface area contributed by atoms with Crippen molar-refractivity contribution in [2.45, 2.75) is 46.0 Å². The smallest absolute Gasteiger partial charge is 0.309 e. The average molecular weight is 543 g/mol. The van der Waals surface area contributed by atoms with Crippen LogP contribution in [0.15, 0.2) is 12.1 Å². The lowest BCUT2D eigenvalue weighted by molar-refractivity contribution is -0.146. The fraction of sp³-hybridized carbons (Fsp3) is 0.500. The van der Waals surface area contributed by atoms with Crippen LogP contribution in [0.5, 0.6) is 23.0 Å². The van der Waals surface area contributed by atoms with E-state index in [-0.39, 0.29) is 30.1 Å². The van der Waals surface area contributed by atoms with E-state index >= 15 is 0 Å². The molecule has 0 heterocycles. The lowest BCUT2D eigenvalue weighted by Gasteiger charge is -2.27. The first-order valence-corrected chi connectivity index (χ1v) is 12.8. The SMILES string of the molecule is COC(=O)C1CC(=O)c2c(OC)cc(C)c(OC)c2C1.COC(=O)C1CCc2c(OC)cc(C)c(OC)c2C1. The van der Waals surface area contributed by atoms with Crippen molar-refractivity contribution in [3.05, 3.63) is 45.5 Å². The highest BCUT2D eigenvalue weighted by atomic mass is 16.5. The van der Waals surface area contributed by atoms with E-state index in [1.807, 2.05) is 19.9 Å². The maximum absolute atomic E-state index is 12.3. The summed E-state index contributed by atoms with van der Waals surface area (Å²) in [6.07, 6.45) is 2.83. The molecule has 0 saturated heterocycles. The first-order chi connectivity index (χ1) is 18.6. The number of esters is 2. The quantitative estimate of drug-likeness (QED) is 0.496. The van der Waals surface area contributed by atoms with Crippen LogP contribution in [0.2, 0.25) is 0 Å². The summed E-state index contributed by atoms with van der Waals surface area (Å²) in [5.74, 6) is 1.75. The van der Waals surface area contributed by atoms with Crippen molar-refractivity contribution in [1.29, 1.82) is 0 Å². The summed E-state index contributed by atoms with van der Waals surface area (Å²) in [5.41, 5.74) is 5.40. The highest BCUT2D eigenvalue weighted by Gasteiger charge is 2.35. The van der Waals surface area contributed by atoms with Gasteiger partial charge in [-0.2, -0.15) is 0 Å². The molecule has 2 aliphatic carbocycles. The first kappa shape index (κ1) is 29.8. The molecule has 2 aliphatic rings. The van der Waals surface area contributed by atoms with Crippen LogP contribution in [0.3, 0.4) is 0 Å². The van der Waals surface area contributed by atoms with Gasteiger partial charge in [-0.1, -0.05) is 0 Å². The molecule has 0 radical (unpaired) electrons. The molecule has 0 aromatic heterocycles. The molecular formula is C30H38O9. The number of aryl methyl sites for hydroxylation is 2. The van der Waals surface area contributed by atoms with Gasteiger partial charge < -0.3 is 28.4 Å². The first-order valence-electron chi connectivity index (χ1n) is 12.8. The predicted octanol–water partition coefficient (Wildman–Crippen LogP) is 4.22. The fourth-order valence-electron chi connectivity index (χ4n) is 5.62. The largest absolute Gasteiger partial charge is 0.496 e. The van der Waals surface area contributed by atoms with Gasteiger partial charge in [-0.3, -0.25) is 14.4 Å². The summed E-state index contributed by atoms with van der Waals surface area (Å²) in [4.78, 5) is 35.8. The summed E-state index contributed by atoms with van der Waals surface area (Å²) in [7, 11) is 9.19. The molecule has 4 rings (SSSR count). The highest BCUT2D eigenvalue weighted by Crippen LogP contribution is 2.41. The van der Waals surface area contributed by atoms with Gasteiger partial charge in [-0.15, -0.1) is 0 Å². The van der Waals surface area contributed by atoms with E-state index in [4.69, 9.17) is 28.4 Å². The van der Waals surface area contributed by atoms with E-state index in [0.717, 1.165) is 52.2 Å². The van der Waals surface area contributed by atoms with E-state index in [0.29, 0.717) is 29.9 Å². The van der Waals surface area contributed by atoms with Crippen LogP contribution < -0.4 is 18.9 Å². The van der Waals surface area contributed by atoms with Crippen molar-refractivity contribution in [3.8, 4) is 23.0 Å². The summed E-state index contributed by atoms with van der Waals surface area (Å²) in [6.45, 7) is 3.87. The van der Waals surface area contributed by atoms with Crippen LogP contribution in [-0.4, -0.2) is 60.4 Å². The Balaban J connectivity index is 0.000000216. The Morgan fingerprint density at radius 2 is 1.18 bits per heavy atom. The summed E-state index contributed by atoms with van der Waals surface area (Å²) in [5, 5.41) is 0. The van der Waals surface area contributed by atoms with Gasteiger partial charge in [-0.25, -0.2) is 0 Å². The van der Waals surface area contributed by atoms with Gasteiger partial charge in [0.2, 0.25) is 0 Å². The number of rotatable bonds is 6. The zero-order chi connectivity index (χ0) is 28.9. The molecule has 212 valence electrons. The van der Waals surface area contributed by atoms with Gasteiger partial charge in [0.1, 0.15) is 23.0 Å². The molecule has 0 N–H and O–H groups in total. The van der Waals surface area contributed by atoms with Gasteiger partial charge in [0.25, 0.3) is 0 Å². The number of benzene rings is 2. The molecule has 39 heavy (non-hydrogen) atoms. The Bertz CT molecular complexity index is 1250. The second-order valence-electron chi connectivity index (χ2n) is 9.68. The van der Waals surface area contributed by atoms with Gasteiger partial charge in [0.15, 0.2) is 5.78 Å². The number of hydrogen-bond donors (Lipinski definition) is 0. The zero-order valence-electron chi connectivity index (χ0n) is 24.0. The predicted molar refractivity (Wildman–Crippen MR) is 144 cm³/mol. The van der Waals surface area contributed by atoms with Crippen LogP contribution >= 0.6 is 0 Å². The van der Waals surface area contributed by atoms with Crippen LogP contribution in [0.1, 0.15) is 51.0 Å². The number of fused-ring (bicyclic) bond motifs is 2. The van der Waals surface area contributed by atoms with E-state index in [1.165, 1.54) is 21.3 Å². The van der Waals surface area contributed by atoms with Gasteiger partial charge in [-0.05, 0) is 62.8 Å². The maximum atomic E-state index is 12.3. The Morgan fingerprint density at radius 3 is 1.72 bits per heavy atom. The molecule has 2 atom stereocenters. The Kier molecular flexibility index (Phi) is 9.83. The molecule has 9 heteroatoms. The molecule has 0 amide bonds. The van der Waals surface area contributed by atoms with Gasteiger partial charge >= 0.3 is 11.9 Å². The minimum Gasteiger partial charge on any atom is -0.496 e. The highest BCUT2D eigenvalue weighted by molar-refractivity contribution is 6.04. The molecule has 2 aromatic carbocycles. The molecule has 0 aliphatic heterocycles. The van der Waals surface area contributed by atoms with Gasteiger partial charge in [0.05, 0.1) is 60.1 Å². The summed E-state index contributed by atoms with van der Waals surface area (Å²) >= 11 is 0. The number of ketones is 1. The Hall–Kier alpha value is -3.75. The number of hydrogen-bond acceptors (Lipinski definition) is 9. The van der Waals surface area contributed by atoms with Crippen LogP contribution in [0.25, 0.3) is 0 Å². The fourth-order valence-corrected chi connectivity index (χ4v) is 5.62. The Labute approximate surface area is 229 Å². The molecule has 2 unspecified atom stereocenters. The lowest BCUT2D eigenvalue weighted by atomic mass is 9.81. The van der Waals surface area contributed by atoms with E-state index < -0.39 is 5.92 Å². The van der Waals surface area contributed by atoms with Gasteiger partial charge in [0, 0.05) is 23.1 Å². The van der Waals surface area contributed by atoms with E-state index in [2.05, 4.69) is 0 Å². The molecule has 0 spiro atoms. The molecule has 0 fully saturated rings. The number of methoxy groups -OCH3 is 6. The Morgan fingerprint density at radius 1 is 0.667 bits per heavy atom. The van der Waals surface area contributed by atoms with Crippen LogP contribution in [0, 0.1) is 25.7 Å². The van der Waals surface area contributed by atoms with E-state index in [9.17, 15) is 14.4 Å². The standard InChI is InChI=1S/C15H18O5.C15H20O4/c1-8-5-12(18-2)13-10(14(8)19-3)6-9(7-11(13)16)15(17)20-4;1-9-7-13(17-2)11-6-5-10(15(16)19-4)8-12(11)14(9)18-3/h5,9H,6-7H2,1-4H3;7,10H,5-6,8H2,1-4H3. The second-order valence-corrected chi connectivity index (χ2v) is 9.68. The normalized spacial score (nSPS) is 17.5. The molecule has 2 aromatic rings. The van der Waals surface area contributed by atoms with Crippen LogP contribution in [0.4, 0.5) is 0 Å². The molecule has 0 saturated carbocycles. The third-order valence-corrected chi connectivity index (χ3v) is 7.44. The van der Waals surface area contributed by atoms with Crippen molar-refractivity contribution in [2.24, 2.45) is 11.8 Å². The monoisotopic (exact) mass is 542 g/mol. The number of ether oxygens (including phenoxy) is 6. The molecular weight excluding hydrogens is 504 g/mol. The second kappa shape index (κ2) is 12.9. The third-order valence-electron chi connectivity index (χ3n) is 7.44. The minimum atomic E-state index is -0.458. The molecule has 9 nitrogen and oxygen atoms in total. The summed E-state index contributed by atoms with van der Waals surface area (Å²) < 4.78 is 31.2. The topological polar surface area (TPSA) is 107 Å². The van der Waals surface area contributed by atoms with Crippen molar-refractivity contribution >= 4 is 17.7 Å². The number of carbonyl (C=O) groups excluding carboxylic acids is 3. The van der Waals surface area contributed by atoms with Crippen molar-refractivity contribution in [2.75, 3.05) is 42.7 Å². The number of carbonyl (C=O) groups is 3. The average Bonchev–Trinajstić information content (AvgIpc) is 2.95. The third kappa shape index (κ3) is 5.97. The van der Waals surface area contributed by atoms with E-state index in [1.54, 1.807) is 27.4 Å². The zero-order valence-corrected chi connectivity index (χ0v) is 24.0. The number of Topliss-reactive ketones (excluding diaryl/α,β-unsaturated/α-hetero) is 1. The maximum Gasteiger partial charge on any atom is 0.309 e. The molecule has 0 bridgehead atoms. The van der Waals surface area contributed by atoms with Crippen molar-refractivity contribution in [3.63, 3.8) is 0 Å². The van der Waals surface area contributed by atoms with Crippen LogP contribution in [-0.2, 0) is 38.3 Å². The minimum absolute atomic E-state index is 0.0853. The summed E-state index contributed by atoms with van der Waals surface area (Å²) in [6, 6.07) is 3.78. The lowest BCUT2D eigenvalue weighted by Crippen LogP contribution is -2.28. The van der Waals surface area contributed by atoms with Crippen molar-refractivity contribution < 1.29 is 42.8 Å². The van der Waals surface area contributed by atoms with Crippen molar-refractivity contribution in [1.82, 2.24) is 0 Å².